The van der Waals surface area contributed by atoms with Gasteiger partial charge < -0.3 is 0 Å². The molecule has 7 heteroatoms. The molecule has 0 bridgehead atoms. The predicted octanol–water partition coefficient (Wildman–Crippen LogP) is 3.86. The van der Waals surface area contributed by atoms with Crippen molar-refractivity contribution in [1.29, 1.82) is 0 Å². The van der Waals surface area contributed by atoms with E-state index in [-0.39, 0.29) is 30.3 Å². The molecule has 0 spiro atoms. The van der Waals surface area contributed by atoms with Gasteiger partial charge in [-0.3, -0.25) is 25.2 Å². The predicted molar refractivity (Wildman–Crippen MR) is 108 cm³/mol. The second-order valence-electron chi connectivity index (χ2n) is 6.08. The van der Waals surface area contributed by atoms with E-state index in [0.29, 0.717) is 10.6 Å². The Morgan fingerprint density at radius 3 is 2.30 bits per heavy atom. The summed E-state index contributed by atoms with van der Waals surface area (Å²) in [5, 5.41) is 0.631. The highest BCUT2D eigenvalue weighted by molar-refractivity contribution is 8.00. The van der Waals surface area contributed by atoms with Crippen molar-refractivity contribution < 1.29 is 14.4 Å². The molecule has 0 saturated carbocycles. The molecule has 0 aliphatic carbocycles. The summed E-state index contributed by atoms with van der Waals surface area (Å²) in [4.78, 5) is 36.8. The Hall–Kier alpha value is -2.31. The molecular weight excluding hydrogens is 384 g/mol. The highest BCUT2D eigenvalue weighted by Crippen LogP contribution is 2.19. The van der Waals surface area contributed by atoms with E-state index in [4.69, 9.17) is 11.6 Å². The number of carbonyl (C=O) groups excluding carboxylic acids is 3. The largest absolute Gasteiger partial charge is 0.294 e. The monoisotopic (exact) mass is 404 g/mol. The number of ketones is 1. The molecule has 2 N–H and O–H groups in total. The quantitative estimate of drug-likeness (QED) is 0.417. The molecule has 2 amide bonds. The third kappa shape index (κ3) is 7.07. The summed E-state index contributed by atoms with van der Waals surface area (Å²) in [7, 11) is 0. The lowest BCUT2D eigenvalue weighted by atomic mass is 9.99. The summed E-state index contributed by atoms with van der Waals surface area (Å²) in [5.74, 6) is -0.665. The molecule has 0 fully saturated rings. The summed E-state index contributed by atoms with van der Waals surface area (Å²) in [5.41, 5.74) is 7.20. The maximum absolute atomic E-state index is 12.3. The minimum Gasteiger partial charge on any atom is -0.294 e. The SMILES string of the molecule is Cc1ccc(C)c(C(=O)CCC(=O)NNC(=O)CSc2ccc(Cl)cc2)c1. The molecule has 2 aromatic carbocycles. The van der Waals surface area contributed by atoms with Crippen LogP contribution < -0.4 is 10.9 Å². The lowest BCUT2D eigenvalue weighted by Crippen LogP contribution is -2.42. The highest BCUT2D eigenvalue weighted by Gasteiger charge is 2.12. The van der Waals surface area contributed by atoms with Crippen LogP contribution in [0.25, 0.3) is 0 Å². The summed E-state index contributed by atoms with van der Waals surface area (Å²) >= 11 is 7.14. The molecule has 0 aliphatic rings. The minimum absolute atomic E-state index is 0.0107. The molecule has 0 atom stereocenters. The van der Waals surface area contributed by atoms with E-state index in [1.165, 1.54) is 11.8 Å². The number of hydrogen-bond donors (Lipinski definition) is 2. The van der Waals surface area contributed by atoms with E-state index < -0.39 is 5.91 Å². The zero-order chi connectivity index (χ0) is 19.8. The van der Waals surface area contributed by atoms with Crippen LogP contribution in [0.15, 0.2) is 47.4 Å². The van der Waals surface area contributed by atoms with E-state index in [0.717, 1.165) is 16.0 Å². The number of benzene rings is 2. The van der Waals surface area contributed by atoms with Crippen molar-refractivity contribution in [3.8, 4) is 0 Å². The van der Waals surface area contributed by atoms with Gasteiger partial charge in [0.25, 0.3) is 0 Å². The van der Waals surface area contributed by atoms with E-state index in [2.05, 4.69) is 10.9 Å². The number of aryl methyl sites for hydroxylation is 2. The van der Waals surface area contributed by atoms with Crippen LogP contribution in [-0.4, -0.2) is 23.4 Å². The fourth-order valence-electron chi connectivity index (χ4n) is 2.32. The van der Waals surface area contributed by atoms with Crippen molar-refractivity contribution in [1.82, 2.24) is 10.9 Å². The number of hydrogen-bond acceptors (Lipinski definition) is 4. The number of rotatable bonds is 7. The van der Waals surface area contributed by atoms with Crippen LogP contribution in [0, 0.1) is 13.8 Å². The molecule has 5 nitrogen and oxygen atoms in total. The number of hydrazine groups is 1. The van der Waals surface area contributed by atoms with Crippen molar-refractivity contribution in [3.63, 3.8) is 0 Å². The first-order valence-corrected chi connectivity index (χ1v) is 9.78. The highest BCUT2D eigenvalue weighted by atomic mass is 35.5. The zero-order valence-electron chi connectivity index (χ0n) is 15.2. The van der Waals surface area contributed by atoms with E-state index in [1.807, 2.05) is 44.2 Å². The molecule has 2 aromatic rings. The topological polar surface area (TPSA) is 75.3 Å². The van der Waals surface area contributed by atoms with Gasteiger partial charge in [-0.2, -0.15) is 0 Å². The third-order valence-electron chi connectivity index (χ3n) is 3.80. The van der Waals surface area contributed by atoms with Gasteiger partial charge in [-0.15, -0.1) is 11.8 Å². The van der Waals surface area contributed by atoms with E-state index in [1.54, 1.807) is 12.1 Å². The average molecular weight is 405 g/mol. The molecule has 0 saturated heterocycles. The number of thioether (sulfide) groups is 1. The second-order valence-corrected chi connectivity index (χ2v) is 7.57. The molecule has 0 radical (unpaired) electrons. The van der Waals surface area contributed by atoms with Crippen molar-refractivity contribution in [3.05, 3.63) is 64.2 Å². The first-order valence-electron chi connectivity index (χ1n) is 8.41. The average Bonchev–Trinajstić information content (AvgIpc) is 2.65. The van der Waals surface area contributed by atoms with Gasteiger partial charge in [0.05, 0.1) is 5.75 Å². The summed E-state index contributed by atoms with van der Waals surface area (Å²) in [6, 6.07) is 12.8. The standard InChI is InChI=1S/C20H21ClN2O3S/c1-13-3-4-14(2)17(11-13)18(24)9-10-19(25)22-23-20(26)12-27-16-7-5-15(21)6-8-16/h3-8,11H,9-10,12H2,1-2H3,(H,22,25)(H,23,26). The second kappa shape index (κ2) is 10.1. The molecule has 0 heterocycles. The van der Waals surface area contributed by atoms with Gasteiger partial charge in [-0.25, -0.2) is 0 Å². The smallest absolute Gasteiger partial charge is 0.248 e. The number of carbonyl (C=O) groups is 3. The van der Waals surface area contributed by atoms with Crippen LogP contribution in [0.1, 0.15) is 34.3 Å². The maximum atomic E-state index is 12.3. The number of Topliss-reactive ketones (excluding diaryl/α,β-unsaturated/α-hetero) is 1. The summed E-state index contributed by atoms with van der Waals surface area (Å²) in [6.45, 7) is 3.78. The third-order valence-corrected chi connectivity index (χ3v) is 5.06. The van der Waals surface area contributed by atoms with Gasteiger partial charge in [-0.1, -0.05) is 29.3 Å². The van der Waals surface area contributed by atoms with Gasteiger partial charge in [-0.05, 0) is 49.7 Å². The Labute approximate surface area is 167 Å². The zero-order valence-corrected chi connectivity index (χ0v) is 16.7. The number of halogens is 1. The van der Waals surface area contributed by atoms with Gasteiger partial charge in [0.15, 0.2) is 5.78 Å². The molecule has 0 unspecified atom stereocenters. The normalized spacial score (nSPS) is 10.3. The Balaban J connectivity index is 1.70. The lowest BCUT2D eigenvalue weighted by molar-refractivity contribution is -0.127. The van der Waals surface area contributed by atoms with Crippen LogP contribution in [0.2, 0.25) is 5.02 Å². The Kier molecular flexibility index (Phi) is 7.88. The van der Waals surface area contributed by atoms with Gasteiger partial charge in [0, 0.05) is 28.3 Å². The summed E-state index contributed by atoms with van der Waals surface area (Å²) < 4.78 is 0. The van der Waals surface area contributed by atoms with Crippen LogP contribution in [0.3, 0.4) is 0 Å². The van der Waals surface area contributed by atoms with E-state index >= 15 is 0 Å². The fourth-order valence-corrected chi connectivity index (χ4v) is 3.14. The van der Waals surface area contributed by atoms with Crippen LogP contribution in [0.5, 0.6) is 0 Å². The molecule has 0 aliphatic heterocycles. The minimum atomic E-state index is -0.404. The van der Waals surface area contributed by atoms with Crippen LogP contribution >= 0.6 is 23.4 Å². The Morgan fingerprint density at radius 1 is 0.926 bits per heavy atom. The van der Waals surface area contributed by atoms with Gasteiger partial charge >= 0.3 is 0 Å². The van der Waals surface area contributed by atoms with Gasteiger partial charge in [0.1, 0.15) is 0 Å². The summed E-state index contributed by atoms with van der Waals surface area (Å²) in [6.07, 6.45) is 0.0995. The fraction of sp³-hybridized carbons (Fsp3) is 0.250. The van der Waals surface area contributed by atoms with E-state index in [9.17, 15) is 14.4 Å². The maximum Gasteiger partial charge on any atom is 0.248 e. The first-order chi connectivity index (χ1) is 12.8. The van der Waals surface area contributed by atoms with Crippen molar-refractivity contribution in [2.24, 2.45) is 0 Å². The van der Waals surface area contributed by atoms with Crippen molar-refractivity contribution in [2.75, 3.05) is 5.75 Å². The Morgan fingerprint density at radius 2 is 1.59 bits per heavy atom. The Bertz CT molecular complexity index is 838. The van der Waals surface area contributed by atoms with Crippen LogP contribution in [-0.2, 0) is 9.59 Å². The number of amides is 2. The molecule has 0 aromatic heterocycles. The molecule has 2 rings (SSSR count). The van der Waals surface area contributed by atoms with Gasteiger partial charge in [0.2, 0.25) is 11.8 Å². The van der Waals surface area contributed by atoms with Crippen molar-refractivity contribution >= 4 is 41.0 Å². The lowest BCUT2D eigenvalue weighted by Gasteiger charge is -2.08. The van der Waals surface area contributed by atoms with Crippen molar-refractivity contribution in [2.45, 2.75) is 31.6 Å². The van der Waals surface area contributed by atoms with Crippen LogP contribution in [0.4, 0.5) is 0 Å². The first kappa shape index (κ1) is 21.0. The molecular formula is C20H21ClN2O3S. The molecule has 142 valence electrons. The number of nitrogens with one attached hydrogen (secondary N) is 2. The molecule has 27 heavy (non-hydrogen) atoms.